The Morgan fingerprint density at radius 2 is 1.96 bits per heavy atom. The number of para-hydroxylation sites is 1. The Morgan fingerprint density at radius 1 is 1.04 bits per heavy atom. The average Bonchev–Trinajstić information content (AvgIpc) is 3.35. The fourth-order valence-electron chi connectivity index (χ4n) is 2.32. The van der Waals surface area contributed by atoms with E-state index in [0.717, 1.165) is 5.56 Å². The number of nitrogens with one attached hydrogen (secondary N) is 1. The van der Waals surface area contributed by atoms with E-state index in [2.05, 4.69) is 20.4 Å². The lowest BCUT2D eigenvalue weighted by molar-refractivity contribution is 0.0996. The van der Waals surface area contributed by atoms with Gasteiger partial charge < -0.3 is 14.3 Å². The second kappa shape index (κ2) is 6.40. The van der Waals surface area contributed by atoms with Crippen molar-refractivity contribution < 1.29 is 13.7 Å². The standard InChI is InChI=1S/C18H12N4O3/c23-17(15-8-4-10-24-15)20-14-7-2-1-6-13(14)18-21-16(22-25-18)12-5-3-9-19-11-12/h1-11H,(H,20,23). The minimum Gasteiger partial charge on any atom is -0.459 e. The Kier molecular flexibility index (Phi) is 3.80. The van der Waals surface area contributed by atoms with Gasteiger partial charge in [0.15, 0.2) is 5.76 Å². The van der Waals surface area contributed by atoms with E-state index in [-0.39, 0.29) is 11.7 Å². The lowest BCUT2D eigenvalue weighted by Crippen LogP contribution is -2.11. The average molecular weight is 332 g/mol. The van der Waals surface area contributed by atoms with Crippen molar-refractivity contribution in [3.63, 3.8) is 0 Å². The first-order valence-electron chi connectivity index (χ1n) is 7.49. The van der Waals surface area contributed by atoms with Gasteiger partial charge in [-0.1, -0.05) is 17.3 Å². The first-order valence-corrected chi connectivity index (χ1v) is 7.49. The molecule has 3 heterocycles. The van der Waals surface area contributed by atoms with E-state index in [4.69, 9.17) is 8.94 Å². The molecule has 0 radical (unpaired) electrons. The van der Waals surface area contributed by atoms with Crippen LogP contribution < -0.4 is 5.32 Å². The SMILES string of the molecule is O=C(Nc1ccccc1-c1nc(-c2cccnc2)no1)c1ccco1. The van der Waals surface area contributed by atoms with Crippen LogP contribution in [0.1, 0.15) is 10.6 Å². The van der Waals surface area contributed by atoms with Crippen LogP contribution in [0.5, 0.6) is 0 Å². The monoisotopic (exact) mass is 332 g/mol. The number of hydrogen-bond acceptors (Lipinski definition) is 6. The number of anilines is 1. The molecule has 0 aliphatic heterocycles. The van der Waals surface area contributed by atoms with Crippen LogP contribution in [-0.2, 0) is 0 Å². The van der Waals surface area contributed by atoms with Crippen molar-refractivity contribution in [1.29, 1.82) is 0 Å². The van der Waals surface area contributed by atoms with Crippen molar-refractivity contribution >= 4 is 11.6 Å². The smallest absolute Gasteiger partial charge is 0.291 e. The molecular weight excluding hydrogens is 320 g/mol. The number of pyridine rings is 1. The molecule has 4 rings (SSSR count). The predicted octanol–water partition coefficient (Wildman–Crippen LogP) is 3.64. The van der Waals surface area contributed by atoms with Crippen molar-refractivity contribution in [2.24, 2.45) is 0 Å². The Labute approximate surface area is 142 Å². The fraction of sp³-hybridized carbons (Fsp3) is 0. The summed E-state index contributed by atoms with van der Waals surface area (Å²) < 4.78 is 10.5. The van der Waals surface area contributed by atoms with Gasteiger partial charge in [-0.05, 0) is 36.4 Å². The van der Waals surface area contributed by atoms with Gasteiger partial charge in [-0.25, -0.2) is 0 Å². The number of aromatic nitrogens is 3. The van der Waals surface area contributed by atoms with E-state index < -0.39 is 0 Å². The molecule has 25 heavy (non-hydrogen) atoms. The van der Waals surface area contributed by atoms with Crippen LogP contribution in [0, 0.1) is 0 Å². The summed E-state index contributed by atoms with van der Waals surface area (Å²) in [6.07, 6.45) is 4.77. The van der Waals surface area contributed by atoms with Crippen molar-refractivity contribution in [2.45, 2.75) is 0 Å². The van der Waals surface area contributed by atoms with E-state index in [0.29, 0.717) is 23.0 Å². The maximum atomic E-state index is 12.2. The van der Waals surface area contributed by atoms with Gasteiger partial charge in [0.1, 0.15) is 0 Å². The Balaban J connectivity index is 1.65. The summed E-state index contributed by atoms with van der Waals surface area (Å²) in [4.78, 5) is 20.6. The van der Waals surface area contributed by atoms with Gasteiger partial charge in [0.2, 0.25) is 5.82 Å². The molecule has 0 unspecified atom stereocenters. The van der Waals surface area contributed by atoms with Gasteiger partial charge >= 0.3 is 0 Å². The van der Waals surface area contributed by atoms with Gasteiger partial charge in [0, 0.05) is 18.0 Å². The molecule has 1 N–H and O–H groups in total. The number of carbonyl (C=O) groups excluding carboxylic acids is 1. The van der Waals surface area contributed by atoms with E-state index in [1.807, 2.05) is 12.1 Å². The maximum absolute atomic E-state index is 12.2. The van der Waals surface area contributed by atoms with E-state index in [1.54, 1.807) is 48.8 Å². The Hall–Kier alpha value is -3.74. The molecular formula is C18H12N4O3. The zero-order valence-electron chi connectivity index (χ0n) is 12.9. The van der Waals surface area contributed by atoms with Gasteiger partial charge in [0.25, 0.3) is 11.8 Å². The molecule has 1 amide bonds. The van der Waals surface area contributed by atoms with E-state index >= 15 is 0 Å². The highest BCUT2D eigenvalue weighted by molar-refractivity contribution is 6.04. The lowest BCUT2D eigenvalue weighted by Gasteiger charge is -2.06. The number of amides is 1. The highest BCUT2D eigenvalue weighted by Gasteiger charge is 2.16. The second-order valence-electron chi connectivity index (χ2n) is 5.14. The summed E-state index contributed by atoms with van der Waals surface area (Å²) in [7, 11) is 0. The molecule has 7 heteroatoms. The van der Waals surface area contributed by atoms with Crippen LogP contribution in [0.2, 0.25) is 0 Å². The predicted molar refractivity (Wildman–Crippen MR) is 89.6 cm³/mol. The summed E-state index contributed by atoms with van der Waals surface area (Å²) in [5.41, 5.74) is 1.91. The normalized spacial score (nSPS) is 10.6. The van der Waals surface area contributed by atoms with E-state index in [9.17, 15) is 4.79 Å². The molecule has 0 aliphatic rings. The van der Waals surface area contributed by atoms with Crippen molar-refractivity contribution in [3.05, 3.63) is 72.9 Å². The van der Waals surface area contributed by atoms with Crippen LogP contribution in [0.3, 0.4) is 0 Å². The first-order chi connectivity index (χ1) is 12.3. The third-order valence-electron chi connectivity index (χ3n) is 3.50. The molecule has 0 saturated heterocycles. The van der Waals surface area contributed by atoms with Gasteiger partial charge in [-0.3, -0.25) is 9.78 Å². The fourth-order valence-corrected chi connectivity index (χ4v) is 2.32. The second-order valence-corrected chi connectivity index (χ2v) is 5.14. The molecule has 0 fully saturated rings. The minimum atomic E-state index is -0.357. The van der Waals surface area contributed by atoms with Crippen LogP contribution in [0.25, 0.3) is 22.8 Å². The van der Waals surface area contributed by atoms with Crippen molar-refractivity contribution in [1.82, 2.24) is 15.1 Å². The van der Waals surface area contributed by atoms with Gasteiger partial charge in [-0.15, -0.1) is 0 Å². The largest absolute Gasteiger partial charge is 0.459 e. The Bertz CT molecular complexity index is 994. The zero-order valence-corrected chi connectivity index (χ0v) is 12.9. The summed E-state index contributed by atoms with van der Waals surface area (Å²) in [6.45, 7) is 0. The van der Waals surface area contributed by atoms with Crippen LogP contribution in [0.15, 0.2) is 76.1 Å². The van der Waals surface area contributed by atoms with Crippen LogP contribution >= 0.6 is 0 Å². The number of carbonyl (C=O) groups is 1. The molecule has 3 aromatic heterocycles. The first kappa shape index (κ1) is 14.8. The molecule has 1 aromatic carbocycles. The molecule has 0 saturated carbocycles. The topological polar surface area (TPSA) is 94.1 Å². The number of rotatable bonds is 4. The van der Waals surface area contributed by atoms with Gasteiger partial charge in [0.05, 0.1) is 17.5 Å². The quantitative estimate of drug-likeness (QED) is 0.613. The summed E-state index contributed by atoms with van der Waals surface area (Å²) in [6, 6.07) is 14.0. The third-order valence-corrected chi connectivity index (χ3v) is 3.50. The third kappa shape index (κ3) is 3.02. The molecule has 0 bridgehead atoms. The number of nitrogens with zero attached hydrogens (tertiary/aromatic N) is 3. The highest BCUT2D eigenvalue weighted by atomic mass is 16.5. The Morgan fingerprint density at radius 3 is 2.76 bits per heavy atom. The molecule has 122 valence electrons. The van der Waals surface area contributed by atoms with Crippen molar-refractivity contribution in [2.75, 3.05) is 5.32 Å². The van der Waals surface area contributed by atoms with Gasteiger partial charge in [-0.2, -0.15) is 4.98 Å². The highest BCUT2D eigenvalue weighted by Crippen LogP contribution is 2.28. The molecule has 0 atom stereocenters. The maximum Gasteiger partial charge on any atom is 0.291 e. The van der Waals surface area contributed by atoms with E-state index in [1.165, 1.54) is 6.26 Å². The summed E-state index contributed by atoms with van der Waals surface area (Å²) in [5.74, 6) is 0.588. The molecule has 0 spiro atoms. The summed E-state index contributed by atoms with van der Waals surface area (Å²) >= 11 is 0. The molecule has 4 aromatic rings. The minimum absolute atomic E-state index is 0.219. The molecule has 7 nitrogen and oxygen atoms in total. The number of furan rings is 1. The number of benzene rings is 1. The van der Waals surface area contributed by atoms with Crippen LogP contribution in [-0.4, -0.2) is 21.0 Å². The number of hydrogen-bond donors (Lipinski definition) is 1. The lowest BCUT2D eigenvalue weighted by atomic mass is 10.1. The summed E-state index contributed by atoms with van der Waals surface area (Å²) in [5, 5.41) is 6.76. The molecule has 0 aliphatic carbocycles. The zero-order chi connectivity index (χ0) is 17.1. The van der Waals surface area contributed by atoms with Crippen molar-refractivity contribution in [3.8, 4) is 22.8 Å². The van der Waals surface area contributed by atoms with Crippen LogP contribution in [0.4, 0.5) is 5.69 Å².